The van der Waals surface area contributed by atoms with Gasteiger partial charge in [-0.25, -0.2) is 0 Å². The van der Waals surface area contributed by atoms with Crippen LogP contribution in [0.5, 0.6) is 0 Å². The summed E-state index contributed by atoms with van der Waals surface area (Å²) in [6, 6.07) is 0. The molecule has 0 amide bonds. The van der Waals surface area contributed by atoms with Crippen LogP contribution in [0.2, 0.25) is 0 Å². The fourth-order valence-electron chi connectivity index (χ4n) is 4.94. The first-order valence-electron chi connectivity index (χ1n) is 15.5. The zero-order chi connectivity index (χ0) is 24.1. The van der Waals surface area contributed by atoms with E-state index >= 15 is 0 Å². The predicted octanol–water partition coefficient (Wildman–Crippen LogP) is 7.07. The van der Waals surface area contributed by atoms with Crippen LogP contribution < -0.4 is 24.0 Å². The Bertz CT molecular complexity index is 372. The van der Waals surface area contributed by atoms with E-state index in [2.05, 4.69) is 6.92 Å². The molecule has 198 valence electrons. The minimum atomic E-state index is -0.898. The molecule has 0 aromatic carbocycles. The largest absolute Gasteiger partial charge is 1.00 e. The van der Waals surface area contributed by atoms with Gasteiger partial charge in [-0.2, -0.15) is 0 Å². The van der Waals surface area contributed by atoms with Crippen LogP contribution in [0.15, 0.2) is 0 Å². The molecule has 0 aliphatic rings. The molecule has 3 heteroatoms. The molecule has 0 radical (unpaired) electrons. The maximum atomic E-state index is 10.3. The number of carbonyl (C=O) groups excluding carboxylic acids is 1. The van der Waals surface area contributed by atoms with Crippen LogP contribution in [0.4, 0.5) is 0 Å². The summed E-state index contributed by atoms with van der Waals surface area (Å²) in [5, 5.41) is 10.3. The zero-order valence-electron chi connectivity index (χ0n) is 23.8. The molecule has 0 fully saturated rings. The van der Waals surface area contributed by atoms with Crippen LogP contribution in [0.1, 0.15) is 193 Å². The quantitative estimate of drug-likeness (QED) is 0.0862. The van der Waals surface area contributed by atoms with Crippen molar-refractivity contribution < 1.29 is 28.8 Å². The van der Waals surface area contributed by atoms with E-state index in [1.807, 2.05) is 0 Å². The van der Waals surface area contributed by atoms with Crippen molar-refractivity contribution in [3.63, 3.8) is 0 Å². The molecule has 0 spiro atoms. The van der Waals surface area contributed by atoms with Gasteiger partial charge in [-0.05, 0) is 12.8 Å². The average molecular weight is 473 g/mol. The van der Waals surface area contributed by atoms with Gasteiger partial charge in [-0.3, -0.25) is 0 Å². The number of carboxylic acids is 1. The summed E-state index contributed by atoms with van der Waals surface area (Å²) in [6.07, 6.45) is 39.1. The Hall–Kier alpha value is 0.0674. The van der Waals surface area contributed by atoms with Gasteiger partial charge in [-0.1, -0.05) is 180 Å². The van der Waals surface area contributed by atoms with E-state index in [9.17, 15) is 9.90 Å². The average Bonchev–Trinajstić information content (AvgIpc) is 2.80. The number of carboxylic acid groups (broad SMARTS) is 1. The summed E-state index contributed by atoms with van der Waals surface area (Å²) in [5.41, 5.74) is 0. The molecule has 0 saturated carbocycles. The van der Waals surface area contributed by atoms with Gasteiger partial charge in [-0.15, -0.1) is 0 Å². The van der Waals surface area contributed by atoms with Crippen LogP contribution in [0.25, 0.3) is 0 Å². The van der Waals surface area contributed by atoms with Crippen molar-refractivity contribution in [2.45, 2.75) is 193 Å². The predicted molar refractivity (Wildman–Crippen MR) is 145 cm³/mol. The standard InChI is InChI=1S/C31H62O2.Li/c1-2-3-4-5-6-7-8-9-10-11-12-13-14-15-16-17-18-19-20-21-22-23-24-25-26-27-28-29-30-31(32)33;/h2-30H2,1H3,(H,32,33);/q;+1/p-1. The third-order valence-corrected chi connectivity index (χ3v) is 7.23. The van der Waals surface area contributed by atoms with Crippen molar-refractivity contribution in [1.82, 2.24) is 0 Å². The van der Waals surface area contributed by atoms with E-state index in [1.165, 1.54) is 167 Å². The molecule has 0 saturated heterocycles. The summed E-state index contributed by atoms with van der Waals surface area (Å²) in [5.74, 6) is -0.898. The van der Waals surface area contributed by atoms with Crippen molar-refractivity contribution in [2.24, 2.45) is 0 Å². The van der Waals surface area contributed by atoms with Crippen molar-refractivity contribution in [3.05, 3.63) is 0 Å². The van der Waals surface area contributed by atoms with Crippen LogP contribution >= 0.6 is 0 Å². The first-order valence-corrected chi connectivity index (χ1v) is 15.5. The number of hydrogen-bond donors (Lipinski definition) is 0. The fraction of sp³-hybridized carbons (Fsp3) is 0.968. The Morgan fingerprint density at radius 3 is 0.735 bits per heavy atom. The van der Waals surface area contributed by atoms with E-state index in [1.54, 1.807) is 0 Å². The van der Waals surface area contributed by atoms with Crippen LogP contribution in [0.3, 0.4) is 0 Å². The van der Waals surface area contributed by atoms with Gasteiger partial charge < -0.3 is 9.90 Å². The van der Waals surface area contributed by atoms with Gasteiger partial charge in [0.15, 0.2) is 0 Å². The molecule has 34 heavy (non-hydrogen) atoms. The van der Waals surface area contributed by atoms with Gasteiger partial charge in [0.2, 0.25) is 0 Å². The normalized spacial score (nSPS) is 11.0. The Labute approximate surface area is 227 Å². The maximum absolute atomic E-state index is 10.3. The van der Waals surface area contributed by atoms with Gasteiger partial charge in [0, 0.05) is 5.97 Å². The Balaban J connectivity index is 0. The Morgan fingerprint density at radius 1 is 0.382 bits per heavy atom. The molecular formula is C31H61LiO2. The molecule has 0 unspecified atom stereocenters. The molecule has 0 heterocycles. The number of rotatable bonds is 29. The SMILES string of the molecule is CCCCCCCCCCCCCCCCCCCCCCCCCCCCCCC(=O)[O-].[Li+]. The summed E-state index contributed by atoms with van der Waals surface area (Å²) in [7, 11) is 0. The topological polar surface area (TPSA) is 40.1 Å². The van der Waals surface area contributed by atoms with Crippen LogP contribution in [-0.4, -0.2) is 5.97 Å². The third kappa shape index (κ3) is 34.2. The smallest absolute Gasteiger partial charge is 0.550 e. The number of carbonyl (C=O) groups is 1. The van der Waals surface area contributed by atoms with E-state index in [0.717, 1.165) is 12.8 Å². The molecule has 0 bridgehead atoms. The minimum Gasteiger partial charge on any atom is -0.550 e. The second-order valence-corrected chi connectivity index (χ2v) is 10.7. The Morgan fingerprint density at radius 2 is 0.559 bits per heavy atom. The molecule has 0 aromatic heterocycles. The molecule has 0 N–H and O–H groups in total. The summed E-state index contributed by atoms with van der Waals surface area (Å²) >= 11 is 0. The van der Waals surface area contributed by atoms with E-state index in [0.29, 0.717) is 0 Å². The Kier molecular flexibility index (Phi) is 35.2. The molecule has 0 aromatic rings. The number of hydrogen-bond acceptors (Lipinski definition) is 2. The monoisotopic (exact) mass is 472 g/mol. The van der Waals surface area contributed by atoms with E-state index < -0.39 is 5.97 Å². The fourth-order valence-corrected chi connectivity index (χ4v) is 4.94. The molecule has 0 aliphatic heterocycles. The first-order chi connectivity index (χ1) is 16.3. The van der Waals surface area contributed by atoms with Crippen LogP contribution in [0, 0.1) is 0 Å². The first kappa shape index (κ1) is 36.2. The second-order valence-electron chi connectivity index (χ2n) is 10.7. The van der Waals surface area contributed by atoms with Crippen molar-refractivity contribution in [3.8, 4) is 0 Å². The van der Waals surface area contributed by atoms with Crippen molar-refractivity contribution in [2.75, 3.05) is 0 Å². The van der Waals surface area contributed by atoms with Gasteiger partial charge in [0.25, 0.3) is 0 Å². The van der Waals surface area contributed by atoms with Crippen molar-refractivity contribution >= 4 is 5.97 Å². The van der Waals surface area contributed by atoms with Gasteiger partial charge in [0.1, 0.15) is 0 Å². The zero-order valence-corrected chi connectivity index (χ0v) is 23.8. The van der Waals surface area contributed by atoms with E-state index in [-0.39, 0.29) is 25.3 Å². The second kappa shape index (κ2) is 33.1. The van der Waals surface area contributed by atoms with Gasteiger partial charge >= 0.3 is 18.9 Å². The molecule has 2 nitrogen and oxygen atoms in total. The maximum Gasteiger partial charge on any atom is 1.00 e. The number of unbranched alkanes of at least 4 members (excludes halogenated alkanes) is 27. The summed E-state index contributed by atoms with van der Waals surface area (Å²) in [6.45, 7) is 2.30. The molecule has 0 aliphatic carbocycles. The summed E-state index contributed by atoms with van der Waals surface area (Å²) < 4.78 is 0. The van der Waals surface area contributed by atoms with Crippen LogP contribution in [-0.2, 0) is 4.79 Å². The summed E-state index contributed by atoms with van der Waals surface area (Å²) in [4.78, 5) is 10.3. The van der Waals surface area contributed by atoms with Crippen molar-refractivity contribution in [1.29, 1.82) is 0 Å². The number of aliphatic carboxylic acids is 1. The third-order valence-electron chi connectivity index (χ3n) is 7.23. The molecule has 0 rings (SSSR count). The van der Waals surface area contributed by atoms with Gasteiger partial charge in [0.05, 0.1) is 0 Å². The molecular weight excluding hydrogens is 411 g/mol. The van der Waals surface area contributed by atoms with E-state index in [4.69, 9.17) is 0 Å². The molecule has 0 atom stereocenters. The minimum absolute atomic E-state index is 0.